The third kappa shape index (κ3) is 6.87. The lowest BCUT2D eigenvalue weighted by Gasteiger charge is -2.13. The van der Waals surface area contributed by atoms with Crippen LogP contribution in [0.1, 0.15) is 25.8 Å². The molecule has 7 heteroatoms. The van der Waals surface area contributed by atoms with E-state index in [0.717, 1.165) is 6.42 Å². The van der Waals surface area contributed by atoms with Crippen molar-refractivity contribution in [2.45, 2.75) is 39.1 Å². The van der Waals surface area contributed by atoms with E-state index in [4.69, 9.17) is 5.73 Å². The minimum absolute atomic E-state index is 0.200. The summed E-state index contributed by atoms with van der Waals surface area (Å²) in [7, 11) is 0. The molecule has 0 fully saturated rings. The van der Waals surface area contributed by atoms with Crippen molar-refractivity contribution in [3.8, 4) is 5.75 Å². The molecule has 0 saturated heterocycles. The zero-order chi connectivity index (χ0) is 15.9. The van der Waals surface area contributed by atoms with Gasteiger partial charge < -0.3 is 15.8 Å². The number of aliphatic imine (C=N–C) groups is 1. The Labute approximate surface area is 122 Å². The van der Waals surface area contributed by atoms with Crippen LogP contribution in [-0.4, -0.2) is 24.9 Å². The van der Waals surface area contributed by atoms with Gasteiger partial charge in [-0.15, -0.1) is 13.2 Å². The Bertz CT molecular complexity index is 475. The fourth-order valence-corrected chi connectivity index (χ4v) is 1.63. The molecule has 0 aliphatic heterocycles. The number of nitrogens with one attached hydrogen (secondary N) is 1. The number of hydrogen-bond acceptors (Lipinski definition) is 2. The highest BCUT2D eigenvalue weighted by atomic mass is 19.4. The zero-order valence-corrected chi connectivity index (χ0v) is 12.1. The molecule has 3 N–H and O–H groups in total. The molecule has 0 saturated carbocycles. The molecule has 0 spiro atoms. The van der Waals surface area contributed by atoms with E-state index in [0.29, 0.717) is 17.9 Å². The molecule has 4 nitrogen and oxygen atoms in total. The van der Waals surface area contributed by atoms with Crippen LogP contribution in [0.15, 0.2) is 29.3 Å². The van der Waals surface area contributed by atoms with Crippen molar-refractivity contribution in [3.63, 3.8) is 0 Å². The molecule has 0 aliphatic carbocycles. The van der Waals surface area contributed by atoms with Gasteiger partial charge >= 0.3 is 6.36 Å². The van der Waals surface area contributed by atoms with Crippen LogP contribution in [0.3, 0.4) is 0 Å². The Kier molecular flexibility index (Phi) is 6.33. The number of para-hydroxylation sites is 1. The first-order valence-corrected chi connectivity index (χ1v) is 6.72. The summed E-state index contributed by atoms with van der Waals surface area (Å²) in [5, 5.41) is 2.99. The average Bonchev–Trinajstić information content (AvgIpc) is 2.39. The number of ether oxygens (including phenoxy) is 1. The summed E-state index contributed by atoms with van der Waals surface area (Å²) in [6, 6.07) is 6.22. The zero-order valence-electron chi connectivity index (χ0n) is 12.1. The molecule has 1 aromatic rings. The lowest BCUT2D eigenvalue weighted by molar-refractivity contribution is -0.274. The largest absolute Gasteiger partial charge is 0.573 e. The van der Waals surface area contributed by atoms with Gasteiger partial charge in [-0.25, -0.2) is 0 Å². The van der Waals surface area contributed by atoms with E-state index in [2.05, 4.69) is 15.0 Å². The van der Waals surface area contributed by atoms with Crippen molar-refractivity contribution < 1.29 is 17.9 Å². The van der Waals surface area contributed by atoms with E-state index in [9.17, 15) is 13.2 Å². The predicted molar refractivity (Wildman–Crippen MR) is 76.2 cm³/mol. The maximum Gasteiger partial charge on any atom is 0.573 e. The Balaban J connectivity index is 2.61. The fourth-order valence-electron chi connectivity index (χ4n) is 1.63. The smallest absolute Gasteiger partial charge is 0.406 e. The number of nitrogens with zero attached hydrogens (tertiary/aromatic N) is 1. The number of rotatable bonds is 6. The SMILES string of the molecule is CCC(C)NC(N)=NCCc1ccccc1OC(F)(F)F. The molecule has 118 valence electrons. The van der Waals surface area contributed by atoms with Crippen LogP contribution in [0.4, 0.5) is 13.2 Å². The first-order valence-electron chi connectivity index (χ1n) is 6.72. The second kappa shape index (κ2) is 7.75. The summed E-state index contributed by atoms with van der Waals surface area (Å²) in [4.78, 5) is 4.09. The van der Waals surface area contributed by atoms with Crippen LogP contribution in [-0.2, 0) is 6.42 Å². The highest BCUT2D eigenvalue weighted by molar-refractivity contribution is 5.78. The molecule has 1 rings (SSSR count). The molecular weight excluding hydrogens is 283 g/mol. The van der Waals surface area contributed by atoms with E-state index in [1.807, 2.05) is 13.8 Å². The topological polar surface area (TPSA) is 59.6 Å². The van der Waals surface area contributed by atoms with Gasteiger partial charge in [0, 0.05) is 12.6 Å². The van der Waals surface area contributed by atoms with Crippen molar-refractivity contribution in [2.75, 3.05) is 6.54 Å². The highest BCUT2D eigenvalue weighted by Gasteiger charge is 2.31. The second-order valence-corrected chi connectivity index (χ2v) is 4.63. The first-order chi connectivity index (χ1) is 9.81. The number of hydrogen-bond donors (Lipinski definition) is 2. The normalized spacial score (nSPS) is 13.9. The molecule has 1 unspecified atom stereocenters. The minimum Gasteiger partial charge on any atom is -0.406 e. The number of alkyl halides is 3. The number of guanidine groups is 1. The molecule has 0 aliphatic rings. The van der Waals surface area contributed by atoms with Crippen molar-refractivity contribution in [2.24, 2.45) is 10.7 Å². The van der Waals surface area contributed by atoms with Crippen molar-refractivity contribution >= 4 is 5.96 Å². The Morgan fingerprint density at radius 3 is 2.67 bits per heavy atom. The van der Waals surface area contributed by atoms with Gasteiger partial charge in [0.25, 0.3) is 0 Å². The Morgan fingerprint density at radius 1 is 1.38 bits per heavy atom. The van der Waals surface area contributed by atoms with Gasteiger partial charge in [0.2, 0.25) is 0 Å². The quantitative estimate of drug-likeness (QED) is 0.627. The first kappa shape index (κ1) is 17.1. The van der Waals surface area contributed by atoms with Gasteiger partial charge in [-0.3, -0.25) is 4.99 Å². The lowest BCUT2D eigenvalue weighted by Crippen LogP contribution is -2.38. The third-order valence-electron chi connectivity index (χ3n) is 2.87. The van der Waals surface area contributed by atoms with E-state index < -0.39 is 6.36 Å². The van der Waals surface area contributed by atoms with Crippen LogP contribution < -0.4 is 15.8 Å². The number of nitrogens with two attached hydrogens (primary N) is 1. The Hall–Kier alpha value is -1.92. The van der Waals surface area contributed by atoms with Gasteiger partial charge in [0.1, 0.15) is 5.75 Å². The molecule has 0 aromatic heterocycles. The van der Waals surface area contributed by atoms with Crippen LogP contribution >= 0.6 is 0 Å². The molecule has 0 heterocycles. The molecule has 0 bridgehead atoms. The lowest BCUT2D eigenvalue weighted by atomic mass is 10.1. The highest BCUT2D eigenvalue weighted by Crippen LogP contribution is 2.26. The summed E-state index contributed by atoms with van der Waals surface area (Å²) in [5.74, 6) is 0.0900. The monoisotopic (exact) mass is 303 g/mol. The second-order valence-electron chi connectivity index (χ2n) is 4.63. The third-order valence-corrected chi connectivity index (χ3v) is 2.87. The molecular formula is C14H20F3N3O. The molecule has 0 radical (unpaired) electrons. The standard InChI is InChI=1S/C14H20F3N3O/c1-3-10(2)20-13(18)19-9-8-11-6-4-5-7-12(11)21-14(15,16)17/h4-7,10H,3,8-9H2,1-2H3,(H3,18,19,20). The van der Waals surface area contributed by atoms with Gasteiger partial charge in [-0.1, -0.05) is 25.1 Å². The number of halogens is 3. The summed E-state index contributed by atoms with van der Waals surface area (Å²) in [6.45, 7) is 4.26. The predicted octanol–water partition coefficient (Wildman–Crippen LogP) is 2.83. The van der Waals surface area contributed by atoms with E-state index >= 15 is 0 Å². The Morgan fingerprint density at radius 2 is 2.05 bits per heavy atom. The summed E-state index contributed by atoms with van der Waals surface area (Å²) >= 11 is 0. The minimum atomic E-state index is -4.70. The van der Waals surface area contributed by atoms with Crippen LogP contribution in [0, 0.1) is 0 Å². The summed E-state index contributed by atoms with van der Waals surface area (Å²) in [6.07, 6.45) is -3.48. The van der Waals surface area contributed by atoms with Gasteiger partial charge in [-0.05, 0) is 31.4 Å². The van der Waals surface area contributed by atoms with Crippen LogP contribution in [0.2, 0.25) is 0 Å². The van der Waals surface area contributed by atoms with E-state index in [1.54, 1.807) is 12.1 Å². The van der Waals surface area contributed by atoms with Crippen molar-refractivity contribution in [3.05, 3.63) is 29.8 Å². The summed E-state index contributed by atoms with van der Waals surface area (Å²) < 4.78 is 40.8. The molecule has 0 amide bonds. The van der Waals surface area contributed by atoms with E-state index in [-0.39, 0.29) is 18.3 Å². The molecule has 1 atom stereocenters. The number of benzene rings is 1. The van der Waals surface area contributed by atoms with Gasteiger partial charge in [-0.2, -0.15) is 0 Å². The van der Waals surface area contributed by atoms with Crippen molar-refractivity contribution in [1.82, 2.24) is 5.32 Å². The molecule has 21 heavy (non-hydrogen) atoms. The summed E-state index contributed by atoms with van der Waals surface area (Å²) in [5.41, 5.74) is 6.12. The molecule has 1 aromatic carbocycles. The van der Waals surface area contributed by atoms with Gasteiger partial charge in [0.05, 0.1) is 0 Å². The van der Waals surface area contributed by atoms with E-state index in [1.165, 1.54) is 12.1 Å². The van der Waals surface area contributed by atoms with Gasteiger partial charge in [0.15, 0.2) is 5.96 Å². The maximum atomic E-state index is 12.3. The maximum absolute atomic E-state index is 12.3. The van der Waals surface area contributed by atoms with Crippen LogP contribution in [0.25, 0.3) is 0 Å². The van der Waals surface area contributed by atoms with Crippen molar-refractivity contribution in [1.29, 1.82) is 0 Å². The van der Waals surface area contributed by atoms with Crippen LogP contribution in [0.5, 0.6) is 5.75 Å². The average molecular weight is 303 g/mol. The fraction of sp³-hybridized carbons (Fsp3) is 0.500.